The smallest absolute Gasteiger partial charge is 0.309 e. The number of likely N-dealkylation sites (tertiary alicyclic amines) is 1. The maximum Gasteiger partial charge on any atom is 0.309 e. The summed E-state index contributed by atoms with van der Waals surface area (Å²) in [4.78, 5) is 16.1. The molecule has 2 heterocycles. The van der Waals surface area contributed by atoms with Crippen LogP contribution in [-0.4, -0.2) is 48.4 Å². The van der Waals surface area contributed by atoms with Gasteiger partial charge < -0.3 is 14.7 Å². The number of nitrogens with zero attached hydrogens (tertiary/aromatic N) is 2. The Hall–Kier alpha value is -2.11. The van der Waals surface area contributed by atoms with Crippen LogP contribution in [0.5, 0.6) is 0 Å². The van der Waals surface area contributed by atoms with Gasteiger partial charge in [0.1, 0.15) is 11.3 Å². The summed E-state index contributed by atoms with van der Waals surface area (Å²) in [5, 5.41) is 9.34. The van der Waals surface area contributed by atoms with Gasteiger partial charge in [0.15, 0.2) is 0 Å². The number of anilines is 1. The van der Waals surface area contributed by atoms with Crippen molar-refractivity contribution in [3.63, 3.8) is 0 Å². The fourth-order valence-corrected chi connectivity index (χ4v) is 4.57. The minimum Gasteiger partial charge on any atom is -0.481 e. The van der Waals surface area contributed by atoms with Crippen LogP contribution >= 0.6 is 0 Å². The van der Waals surface area contributed by atoms with Crippen molar-refractivity contribution in [2.45, 2.75) is 31.5 Å². The summed E-state index contributed by atoms with van der Waals surface area (Å²) in [5.41, 5.74) is 2.87. The van der Waals surface area contributed by atoms with Crippen LogP contribution < -0.4 is 4.90 Å². The molecule has 0 aromatic heterocycles. The lowest BCUT2D eigenvalue weighted by Crippen LogP contribution is -2.68. The summed E-state index contributed by atoms with van der Waals surface area (Å²) in [6, 6.07) is 8.40. The summed E-state index contributed by atoms with van der Waals surface area (Å²) >= 11 is 0. The molecule has 1 aliphatic carbocycles. The predicted octanol–water partition coefficient (Wildman–Crippen LogP) is 2.99. The summed E-state index contributed by atoms with van der Waals surface area (Å²) in [7, 11) is 1.76. The number of carboxylic acid groups (broad SMARTS) is 1. The first-order valence-corrected chi connectivity index (χ1v) is 9.16. The van der Waals surface area contributed by atoms with E-state index in [2.05, 4.69) is 66.1 Å². The topological polar surface area (TPSA) is 53.0 Å². The molecular formula is C21H26N2O3. The second-order valence-corrected chi connectivity index (χ2v) is 7.85. The van der Waals surface area contributed by atoms with E-state index in [1.54, 1.807) is 7.11 Å². The number of methoxy groups -OCH3 is 1. The molecule has 3 aliphatic rings. The number of ether oxygens (including phenoxy) is 1. The Kier molecular flexibility index (Phi) is 3.97. The van der Waals surface area contributed by atoms with Gasteiger partial charge in [-0.15, -0.1) is 0 Å². The average molecular weight is 354 g/mol. The molecule has 0 amide bonds. The Balaban J connectivity index is 1.77. The Bertz CT molecular complexity index is 796. The van der Waals surface area contributed by atoms with Crippen LogP contribution in [-0.2, 0) is 15.1 Å². The molecule has 0 spiro atoms. The van der Waals surface area contributed by atoms with Crippen molar-refractivity contribution in [3.8, 4) is 0 Å². The first-order chi connectivity index (χ1) is 12.4. The predicted molar refractivity (Wildman–Crippen MR) is 101 cm³/mol. The Morgan fingerprint density at radius 1 is 1.31 bits per heavy atom. The van der Waals surface area contributed by atoms with Gasteiger partial charge in [0, 0.05) is 37.9 Å². The summed E-state index contributed by atoms with van der Waals surface area (Å²) in [5.74, 6) is -0.981. The zero-order valence-electron chi connectivity index (χ0n) is 15.6. The normalized spacial score (nSPS) is 31.5. The molecule has 1 saturated heterocycles. The third-order valence-corrected chi connectivity index (χ3v) is 6.18. The number of carboxylic acids is 1. The highest BCUT2D eigenvalue weighted by Gasteiger charge is 2.53. The van der Waals surface area contributed by atoms with Crippen LogP contribution in [0.2, 0.25) is 0 Å². The third kappa shape index (κ3) is 2.42. The molecule has 5 heteroatoms. The zero-order valence-corrected chi connectivity index (χ0v) is 15.6. The van der Waals surface area contributed by atoms with E-state index < -0.39 is 5.97 Å². The van der Waals surface area contributed by atoms with Gasteiger partial charge in [0.25, 0.3) is 0 Å². The number of allylic oxidation sites excluding steroid dienone is 2. The molecule has 26 heavy (non-hydrogen) atoms. The van der Waals surface area contributed by atoms with Crippen molar-refractivity contribution < 1.29 is 14.6 Å². The van der Waals surface area contributed by atoms with Gasteiger partial charge in [-0.1, -0.05) is 35.9 Å². The lowest BCUT2D eigenvalue weighted by atomic mass is 9.87. The van der Waals surface area contributed by atoms with Gasteiger partial charge in [0.2, 0.25) is 0 Å². The molecule has 1 fully saturated rings. The molecule has 1 aromatic rings. The number of benzene rings is 1. The number of para-hydroxylation sites is 1. The molecule has 2 atom stereocenters. The molecule has 138 valence electrons. The molecule has 2 unspecified atom stereocenters. The SMILES string of the molecule is COC1(C)CN(C2(N3CC(C(=O)O)C3)C=C(C)C=CC2)c2ccccc21. The van der Waals surface area contributed by atoms with Crippen LogP contribution in [0.15, 0.2) is 48.1 Å². The van der Waals surface area contributed by atoms with Gasteiger partial charge >= 0.3 is 5.97 Å². The second kappa shape index (κ2) is 5.96. The highest BCUT2D eigenvalue weighted by molar-refractivity contribution is 5.72. The number of rotatable bonds is 4. The van der Waals surface area contributed by atoms with Gasteiger partial charge in [-0.3, -0.25) is 9.69 Å². The second-order valence-electron chi connectivity index (χ2n) is 7.85. The van der Waals surface area contributed by atoms with Gasteiger partial charge in [-0.2, -0.15) is 0 Å². The highest BCUT2D eigenvalue weighted by atomic mass is 16.5. The molecule has 1 aromatic carbocycles. The van der Waals surface area contributed by atoms with E-state index >= 15 is 0 Å². The number of aliphatic carboxylic acids is 1. The van der Waals surface area contributed by atoms with Gasteiger partial charge in [0.05, 0.1) is 12.5 Å². The van der Waals surface area contributed by atoms with Crippen molar-refractivity contribution in [1.82, 2.24) is 4.90 Å². The zero-order chi connectivity index (χ0) is 18.5. The van der Waals surface area contributed by atoms with Crippen molar-refractivity contribution in [3.05, 3.63) is 53.6 Å². The number of fused-ring (bicyclic) bond motifs is 1. The van der Waals surface area contributed by atoms with E-state index in [1.165, 1.54) is 16.8 Å². The maximum absolute atomic E-state index is 11.4. The molecule has 0 radical (unpaired) electrons. The van der Waals surface area contributed by atoms with E-state index in [-0.39, 0.29) is 17.2 Å². The highest BCUT2D eigenvalue weighted by Crippen LogP contribution is 2.48. The monoisotopic (exact) mass is 354 g/mol. The fraction of sp³-hybridized carbons (Fsp3) is 0.476. The standard InChI is InChI=1S/C21H26N2O3/c1-15-7-6-10-21(11-15,22-12-16(13-22)19(24)25)23-14-20(2,26-3)17-8-4-5-9-18(17)23/h4-9,11,16H,10,12-14H2,1-3H3,(H,24,25). The molecule has 0 bridgehead atoms. The first-order valence-electron chi connectivity index (χ1n) is 9.16. The molecule has 4 rings (SSSR count). The summed E-state index contributed by atoms with van der Waals surface area (Å²) in [6.45, 7) is 6.14. The molecule has 0 saturated carbocycles. The first kappa shape index (κ1) is 17.3. The van der Waals surface area contributed by atoms with Crippen LogP contribution in [0.1, 0.15) is 25.8 Å². The van der Waals surface area contributed by atoms with Crippen LogP contribution in [0.4, 0.5) is 5.69 Å². The van der Waals surface area contributed by atoms with E-state index in [9.17, 15) is 9.90 Å². The van der Waals surface area contributed by atoms with Crippen molar-refractivity contribution in [1.29, 1.82) is 0 Å². The number of hydrogen-bond donors (Lipinski definition) is 1. The largest absolute Gasteiger partial charge is 0.481 e. The van der Waals surface area contributed by atoms with E-state index in [1.807, 2.05) is 0 Å². The summed E-state index contributed by atoms with van der Waals surface area (Å²) < 4.78 is 5.92. The molecule has 1 N–H and O–H groups in total. The fourth-order valence-electron chi connectivity index (χ4n) is 4.57. The van der Waals surface area contributed by atoms with Crippen molar-refractivity contribution in [2.75, 3.05) is 31.6 Å². The molecular weight excluding hydrogens is 328 g/mol. The lowest BCUT2D eigenvalue weighted by Gasteiger charge is -2.55. The third-order valence-electron chi connectivity index (χ3n) is 6.18. The number of hydrogen-bond acceptors (Lipinski definition) is 4. The minimum atomic E-state index is -0.702. The van der Waals surface area contributed by atoms with Crippen molar-refractivity contribution >= 4 is 11.7 Å². The quantitative estimate of drug-likeness (QED) is 0.901. The Morgan fingerprint density at radius 2 is 2.04 bits per heavy atom. The van der Waals surface area contributed by atoms with Gasteiger partial charge in [-0.05, 0) is 26.0 Å². The summed E-state index contributed by atoms with van der Waals surface area (Å²) in [6.07, 6.45) is 7.48. The van der Waals surface area contributed by atoms with Crippen LogP contribution in [0.25, 0.3) is 0 Å². The minimum absolute atomic E-state index is 0.279. The van der Waals surface area contributed by atoms with Crippen LogP contribution in [0, 0.1) is 5.92 Å². The van der Waals surface area contributed by atoms with Crippen molar-refractivity contribution in [2.24, 2.45) is 5.92 Å². The van der Waals surface area contributed by atoms with E-state index in [4.69, 9.17) is 4.74 Å². The van der Waals surface area contributed by atoms with E-state index in [0.717, 1.165) is 13.0 Å². The molecule has 2 aliphatic heterocycles. The lowest BCUT2D eigenvalue weighted by molar-refractivity contribution is -0.150. The average Bonchev–Trinajstić information content (AvgIpc) is 2.88. The Morgan fingerprint density at radius 3 is 2.69 bits per heavy atom. The number of carbonyl (C=O) groups is 1. The van der Waals surface area contributed by atoms with E-state index in [0.29, 0.717) is 13.1 Å². The van der Waals surface area contributed by atoms with Gasteiger partial charge in [-0.25, -0.2) is 0 Å². The Labute approximate surface area is 154 Å². The van der Waals surface area contributed by atoms with Crippen LogP contribution in [0.3, 0.4) is 0 Å². The molecule has 5 nitrogen and oxygen atoms in total. The maximum atomic E-state index is 11.4.